The Balaban J connectivity index is 1.83. The highest BCUT2D eigenvalue weighted by Gasteiger charge is 2.16. The third-order valence-electron chi connectivity index (χ3n) is 4.01. The first kappa shape index (κ1) is 22.0. The summed E-state index contributed by atoms with van der Waals surface area (Å²) in [6, 6.07) is 3.08. The van der Waals surface area contributed by atoms with E-state index < -0.39 is 27.0 Å². The van der Waals surface area contributed by atoms with E-state index in [2.05, 4.69) is 30.9 Å². The summed E-state index contributed by atoms with van der Waals surface area (Å²) in [4.78, 5) is 24.5. The number of benzene rings is 1. The van der Waals surface area contributed by atoms with Crippen LogP contribution in [0.5, 0.6) is 5.88 Å². The van der Waals surface area contributed by atoms with Crippen molar-refractivity contribution in [3.63, 3.8) is 0 Å². The third-order valence-corrected chi connectivity index (χ3v) is 5.56. The summed E-state index contributed by atoms with van der Waals surface area (Å²) in [5.74, 6) is -1.22. The van der Waals surface area contributed by atoms with Crippen LogP contribution in [-0.2, 0) is 23.0 Å². The Bertz CT molecular complexity index is 1260. The van der Waals surface area contributed by atoms with E-state index in [4.69, 9.17) is 4.74 Å². The lowest BCUT2D eigenvalue weighted by Gasteiger charge is -2.13. The zero-order chi connectivity index (χ0) is 22.1. The number of halogens is 3. The van der Waals surface area contributed by atoms with Gasteiger partial charge >= 0.3 is 0 Å². The first-order valence-electron chi connectivity index (χ1n) is 8.41. The van der Waals surface area contributed by atoms with Gasteiger partial charge in [0.2, 0.25) is 20.9 Å². The molecule has 30 heavy (non-hydrogen) atoms. The lowest BCUT2D eigenvalue weighted by molar-refractivity contribution is 0.282. The van der Waals surface area contributed by atoms with E-state index in [0.717, 1.165) is 18.4 Å². The first-order valence-corrected chi connectivity index (χ1v) is 11.1. The van der Waals surface area contributed by atoms with Crippen LogP contribution in [0.25, 0.3) is 0 Å². The van der Waals surface area contributed by atoms with Crippen LogP contribution in [-0.4, -0.2) is 34.2 Å². The molecule has 1 aromatic carbocycles. The van der Waals surface area contributed by atoms with Crippen molar-refractivity contribution in [1.82, 2.24) is 19.5 Å². The summed E-state index contributed by atoms with van der Waals surface area (Å²) in [5.41, 5.74) is 0.127. The molecule has 0 spiro atoms. The molecule has 0 saturated carbocycles. The van der Waals surface area contributed by atoms with Crippen molar-refractivity contribution in [2.75, 3.05) is 6.26 Å². The van der Waals surface area contributed by atoms with Gasteiger partial charge in [-0.3, -0.25) is 9.36 Å². The summed E-state index contributed by atoms with van der Waals surface area (Å²) in [6.45, 7) is 1.37. The van der Waals surface area contributed by atoms with Crippen molar-refractivity contribution < 1.29 is 21.9 Å². The molecule has 2 aromatic heterocycles. The molecule has 0 N–H and O–H groups in total. The molecule has 0 aliphatic heterocycles. The number of aryl methyl sites for hydroxylation is 1. The minimum atomic E-state index is -3.53. The highest BCUT2D eigenvalue weighted by atomic mass is 79.9. The summed E-state index contributed by atoms with van der Waals surface area (Å²) in [6.07, 6.45) is 3.62. The number of hydrogen-bond acceptors (Lipinski definition) is 7. The molecule has 8 nitrogen and oxygen atoms in total. The lowest BCUT2D eigenvalue weighted by atomic mass is 10.2. The van der Waals surface area contributed by atoms with Gasteiger partial charge in [0, 0.05) is 35.8 Å². The van der Waals surface area contributed by atoms with Crippen molar-refractivity contribution in [3.05, 3.63) is 74.0 Å². The van der Waals surface area contributed by atoms with E-state index in [9.17, 15) is 22.0 Å². The number of nitrogens with zero attached hydrogens (tertiary/aromatic N) is 4. The van der Waals surface area contributed by atoms with Gasteiger partial charge in [-0.05, 0) is 35.0 Å². The molecule has 12 heteroatoms. The topological polar surface area (TPSA) is 104 Å². The SMILES string of the molecule is Cc1nc(OCc2ccc(F)cc2F)c(Br)c(=O)n1Cc1cnc(S(C)(=O)=O)nc1. The van der Waals surface area contributed by atoms with Gasteiger partial charge in [-0.15, -0.1) is 0 Å². The Morgan fingerprint density at radius 2 is 1.87 bits per heavy atom. The molecule has 0 fully saturated rings. The second-order valence-corrected chi connectivity index (χ2v) is 9.04. The van der Waals surface area contributed by atoms with Crippen LogP contribution in [0.2, 0.25) is 0 Å². The molecule has 0 atom stereocenters. The van der Waals surface area contributed by atoms with Crippen molar-refractivity contribution in [2.24, 2.45) is 0 Å². The third kappa shape index (κ3) is 4.87. The normalized spacial score (nSPS) is 11.5. The fraction of sp³-hybridized carbons (Fsp3) is 0.222. The monoisotopic (exact) mass is 500 g/mol. The molecule has 0 radical (unpaired) electrons. The maximum Gasteiger partial charge on any atom is 0.272 e. The van der Waals surface area contributed by atoms with Crippen molar-refractivity contribution in [2.45, 2.75) is 25.2 Å². The predicted molar refractivity (Wildman–Crippen MR) is 106 cm³/mol. The Morgan fingerprint density at radius 3 is 2.47 bits per heavy atom. The maximum absolute atomic E-state index is 13.8. The predicted octanol–water partition coefficient (Wildman–Crippen LogP) is 2.41. The average molecular weight is 501 g/mol. The van der Waals surface area contributed by atoms with Crippen LogP contribution < -0.4 is 10.3 Å². The molecular weight excluding hydrogens is 486 g/mol. The van der Waals surface area contributed by atoms with Crippen LogP contribution in [0.4, 0.5) is 8.78 Å². The van der Waals surface area contributed by atoms with E-state index in [1.54, 1.807) is 6.92 Å². The summed E-state index contributed by atoms with van der Waals surface area (Å²) in [5, 5.41) is -0.314. The number of sulfone groups is 1. The van der Waals surface area contributed by atoms with Crippen molar-refractivity contribution in [1.29, 1.82) is 0 Å². The van der Waals surface area contributed by atoms with Gasteiger partial charge in [0.05, 0.1) is 6.54 Å². The number of hydrogen-bond donors (Lipinski definition) is 0. The Morgan fingerprint density at radius 1 is 1.20 bits per heavy atom. The smallest absolute Gasteiger partial charge is 0.272 e. The molecular formula is C18H15BrF2N4O4S. The zero-order valence-electron chi connectivity index (χ0n) is 15.8. The second-order valence-electron chi connectivity index (χ2n) is 6.34. The summed E-state index contributed by atoms with van der Waals surface area (Å²) < 4.78 is 56.4. The fourth-order valence-electron chi connectivity index (χ4n) is 2.48. The van der Waals surface area contributed by atoms with E-state index in [1.807, 2.05) is 0 Å². The average Bonchev–Trinajstić information content (AvgIpc) is 2.68. The molecule has 0 aliphatic rings. The number of ether oxygens (including phenoxy) is 1. The van der Waals surface area contributed by atoms with Crippen molar-refractivity contribution in [3.8, 4) is 5.88 Å². The van der Waals surface area contributed by atoms with Gasteiger partial charge in [-0.25, -0.2) is 27.2 Å². The molecule has 3 aromatic rings. The largest absolute Gasteiger partial charge is 0.472 e. The van der Waals surface area contributed by atoms with E-state index >= 15 is 0 Å². The maximum atomic E-state index is 13.8. The first-order chi connectivity index (χ1) is 14.1. The Labute approximate surface area is 178 Å². The second kappa shape index (κ2) is 8.56. The molecule has 2 heterocycles. The number of rotatable bonds is 6. The van der Waals surface area contributed by atoms with Gasteiger partial charge in [-0.2, -0.15) is 4.98 Å². The molecule has 0 amide bonds. The molecule has 158 valence electrons. The Kier molecular flexibility index (Phi) is 6.27. The van der Waals surface area contributed by atoms with Gasteiger partial charge in [-0.1, -0.05) is 0 Å². The quantitative estimate of drug-likeness (QED) is 0.478. The standard InChI is InChI=1S/C18H15BrF2N4O4S/c1-10-24-16(29-9-12-3-4-13(20)5-14(12)21)15(19)17(26)25(10)8-11-6-22-18(23-7-11)30(2,27)28/h3-7H,8-9H2,1-2H3. The van der Waals surface area contributed by atoms with Crippen molar-refractivity contribution >= 4 is 25.8 Å². The minimum Gasteiger partial charge on any atom is -0.472 e. The van der Waals surface area contributed by atoms with E-state index in [1.165, 1.54) is 23.0 Å². The van der Waals surface area contributed by atoms with E-state index in [0.29, 0.717) is 11.4 Å². The fourth-order valence-corrected chi connectivity index (χ4v) is 3.38. The van der Waals surface area contributed by atoms with Crippen LogP contribution in [0.1, 0.15) is 17.0 Å². The van der Waals surface area contributed by atoms with Crippen LogP contribution in [0.15, 0.2) is 45.0 Å². The van der Waals surface area contributed by atoms with Gasteiger partial charge < -0.3 is 4.74 Å². The molecule has 0 bridgehead atoms. The van der Waals surface area contributed by atoms with Gasteiger partial charge in [0.15, 0.2) is 0 Å². The van der Waals surface area contributed by atoms with Crippen LogP contribution in [0.3, 0.4) is 0 Å². The van der Waals surface area contributed by atoms with Crippen LogP contribution in [0, 0.1) is 18.6 Å². The molecule has 0 saturated heterocycles. The summed E-state index contributed by atoms with van der Waals surface area (Å²) >= 11 is 3.13. The molecule has 0 aliphatic carbocycles. The molecule has 0 unspecified atom stereocenters. The van der Waals surface area contributed by atoms with Crippen LogP contribution >= 0.6 is 15.9 Å². The highest BCUT2D eigenvalue weighted by Crippen LogP contribution is 2.21. The molecule has 3 rings (SSSR count). The number of aromatic nitrogens is 4. The van der Waals surface area contributed by atoms with Gasteiger partial charge in [0.1, 0.15) is 28.5 Å². The lowest BCUT2D eigenvalue weighted by Crippen LogP contribution is -2.26. The Hall–Kier alpha value is -2.73. The minimum absolute atomic E-state index is 0.0179. The highest BCUT2D eigenvalue weighted by molar-refractivity contribution is 9.10. The van der Waals surface area contributed by atoms with E-state index in [-0.39, 0.29) is 34.2 Å². The zero-order valence-corrected chi connectivity index (χ0v) is 18.2. The van der Waals surface area contributed by atoms with Gasteiger partial charge in [0.25, 0.3) is 5.56 Å². The summed E-state index contributed by atoms with van der Waals surface area (Å²) in [7, 11) is -3.53.